The van der Waals surface area contributed by atoms with Crippen molar-refractivity contribution in [3.05, 3.63) is 29.3 Å². The van der Waals surface area contributed by atoms with Gasteiger partial charge in [0.1, 0.15) is 12.1 Å². The van der Waals surface area contributed by atoms with Crippen molar-refractivity contribution in [2.24, 2.45) is 28.7 Å². The fourth-order valence-corrected chi connectivity index (χ4v) is 6.76. The van der Waals surface area contributed by atoms with E-state index in [4.69, 9.17) is 23.1 Å². The van der Waals surface area contributed by atoms with E-state index in [9.17, 15) is 28.8 Å². The van der Waals surface area contributed by atoms with Gasteiger partial charge in [0.05, 0.1) is 18.0 Å². The van der Waals surface area contributed by atoms with E-state index in [1.807, 2.05) is 0 Å². The lowest BCUT2D eigenvalue weighted by Crippen LogP contribution is -2.66. The van der Waals surface area contributed by atoms with Crippen LogP contribution in [0.15, 0.2) is 24.3 Å². The van der Waals surface area contributed by atoms with Gasteiger partial charge in [-0.15, -0.1) is 0 Å². The number of ketones is 1. The Morgan fingerprint density at radius 3 is 2.09 bits per heavy atom. The molecule has 4 rings (SSSR count). The topological polar surface area (TPSA) is 185 Å². The number of hydrogen-bond acceptors (Lipinski definition) is 7. The van der Waals surface area contributed by atoms with Crippen molar-refractivity contribution in [1.29, 1.82) is 0 Å². The fraction of sp³-hybridized carbons (Fsp3) is 0.636. The second kappa shape index (κ2) is 15.3. The largest absolute Gasteiger partial charge is 0.369 e. The van der Waals surface area contributed by atoms with Gasteiger partial charge in [-0.2, -0.15) is 0 Å². The molecule has 1 aromatic rings. The molecular formula is C33H47ClN6O6. The third-order valence-corrected chi connectivity index (χ3v) is 10.2. The van der Waals surface area contributed by atoms with Gasteiger partial charge in [-0.25, -0.2) is 0 Å². The van der Waals surface area contributed by atoms with Gasteiger partial charge >= 0.3 is 0 Å². The highest BCUT2D eigenvalue weighted by Crippen LogP contribution is 2.32. The van der Waals surface area contributed by atoms with E-state index in [0.717, 1.165) is 51.4 Å². The molecule has 6 N–H and O–H groups in total. The first-order valence-electron chi connectivity index (χ1n) is 16.3. The molecule has 2 aliphatic carbocycles. The van der Waals surface area contributed by atoms with Gasteiger partial charge in [0.25, 0.3) is 5.91 Å². The number of benzene rings is 1. The maximum Gasteiger partial charge on any atom is 0.287 e. The van der Waals surface area contributed by atoms with Gasteiger partial charge in [-0.1, -0.05) is 50.1 Å². The first-order chi connectivity index (χ1) is 21.8. The molecule has 13 heteroatoms. The lowest BCUT2D eigenvalue weighted by molar-refractivity contribution is -0.146. The average Bonchev–Trinajstić information content (AvgIpc) is 3.00. The van der Waals surface area contributed by atoms with Crippen molar-refractivity contribution in [1.82, 2.24) is 15.5 Å². The number of rotatable bonds is 13. The highest BCUT2D eigenvalue weighted by Gasteiger charge is 2.46. The van der Waals surface area contributed by atoms with Crippen LogP contribution < -0.4 is 27.0 Å². The number of anilines is 1. The summed E-state index contributed by atoms with van der Waals surface area (Å²) in [6.07, 6.45) is 8.49. The Bertz CT molecular complexity index is 1310. The van der Waals surface area contributed by atoms with E-state index in [0.29, 0.717) is 17.1 Å². The molecule has 0 spiro atoms. The van der Waals surface area contributed by atoms with Crippen molar-refractivity contribution in [2.45, 2.75) is 96.2 Å². The third-order valence-electron chi connectivity index (χ3n) is 9.93. The number of carbonyl (C=O) groups excluding carboxylic acids is 6. The number of hydrogen-bond donors (Lipinski definition) is 4. The van der Waals surface area contributed by atoms with Crippen LogP contribution in [0.1, 0.15) is 78.1 Å². The Morgan fingerprint density at radius 2 is 1.52 bits per heavy atom. The molecule has 3 aliphatic rings. The zero-order valence-corrected chi connectivity index (χ0v) is 27.5. The van der Waals surface area contributed by atoms with E-state index >= 15 is 0 Å². The molecule has 1 aromatic carbocycles. The van der Waals surface area contributed by atoms with E-state index in [1.54, 1.807) is 29.2 Å². The highest BCUT2D eigenvalue weighted by molar-refractivity contribution is 6.37. The summed E-state index contributed by atoms with van der Waals surface area (Å²) in [5.41, 5.74) is 10.3. The Balaban J connectivity index is 1.58. The summed E-state index contributed by atoms with van der Waals surface area (Å²) in [7, 11) is 0. The molecule has 46 heavy (non-hydrogen) atoms. The van der Waals surface area contributed by atoms with E-state index < -0.39 is 53.0 Å². The van der Waals surface area contributed by atoms with Crippen LogP contribution in [0.4, 0.5) is 5.69 Å². The molecule has 12 nitrogen and oxygen atoms in total. The Hall–Kier alpha value is -3.67. The number of primary amides is 2. The minimum absolute atomic E-state index is 0.113. The van der Waals surface area contributed by atoms with Crippen LogP contribution >= 0.6 is 11.6 Å². The number of amides is 5. The number of nitrogens with zero attached hydrogens (tertiary/aromatic N) is 2. The van der Waals surface area contributed by atoms with Gasteiger partial charge in [0, 0.05) is 30.2 Å². The summed E-state index contributed by atoms with van der Waals surface area (Å²) in [4.78, 5) is 81.7. The standard InChI is InChI=1S/C33H47ClN6O6/c1-33(2,32(36)46)28(38-26(41)18-21-7-4-3-5-8-21)31(45)39-15-16-40(23-13-11-22(34)12-14-23)25(19-39)30(44)37-24(27(42)29(35)43)17-20-9-6-10-20/h11-14,20-21,24-25,28H,3-10,15-19H2,1-2H3,(H2,35,43)(H2,36,46)(H,37,44)(H,38,41)/t24-,25+,28+/m0/s1. The third kappa shape index (κ3) is 8.57. The van der Waals surface area contributed by atoms with Crippen molar-refractivity contribution < 1.29 is 28.8 Å². The molecule has 3 fully saturated rings. The summed E-state index contributed by atoms with van der Waals surface area (Å²) in [6.45, 7) is 3.34. The van der Waals surface area contributed by atoms with E-state index in [1.165, 1.54) is 18.7 Å². The fourth-order valence-electron chi connectivity index (χ4n) is 6.63. The molecular weight excluding hydrogens is 612 g/mol. The predicted octanol–water partition coefficient (Wildman–Crippen LogP) is 2.05. The quantitative estimate of drug-likeness (QED) is 0.234. The number of piperazine rings is 1. The van der Waals surface area contributed by atoms with Crippen molar-refractivity contribution in [3.8, 4) is 0 Å². The smallest absolute Gasteiger partial charge is 0.287 e. The molecule has 0 radical (unpaired) electrons. The van der Waals surface area contributed by atoms with Crippen molar-refractivity contribution in [3.63, 3.8) is 0 Å². The molecule has 2 saturated carbocycles. The van der Waals surface area contributed by atoms with Crippen molar-refractivity contribution >= 4 is 52.6 Å². The molecule has 252 valence electrons. The predicted molar refractivity (Wildman–Crippen MR) is 173 cm³/mol. The van der Waals surface area contributed by atoms with Crippen LogP contribution in [0.5, 0.6) is 0 Å². The summed E-state index contributed by atoms with van der Waals surface area (Å²) >= 11 is 6.12. The molecule has 5 amide bonds. The summed E-state index contributed by atoms with van der Waals surface area (Å²) in [5.74, 6) is -3.75. The molecule has 0 aromatic heterocycles. The number of nitrogens with two attached hydrogens (primary N) is 2. The van der Waals surface area contributed by atoms with Crippen LogP contribution in [0.3, 0.4) is 0 Å². The normalized spacial score (nSPS) is 20.6. The van der Waals surface area contributed by atoms with Gasteiger partial charge in [0.2, 0.25) is 29.4 Å². The first-order valence-corrected chi connectivity index (χ1v) is 16.7. The van der Waals surface area contributed by atoms with Crippen LogP contribution in [0, 0.1) is 17.3 Å². The van der Waals surface area contributed by atoms with Gasteiger partial charge in [0.15, 0.2) is 0 Å². The van der Waals surface area contributed by atoms with Crippen LogP contribution in [0.2, 0.25) is 5.02 Å². The maximum absolute atomic E-state index is 14.2. The first kappa shape index (κ1) is 35.2. The molecule has 1 aliphatic heterocycles. The SMILES string of the molecule is CC(C)(C(N)=O)[C@H](NC(=O)CC1CCCCC1)C(=O)N1CCN(c2ccc(Cl)cc2)[C@@H](C(=O)N[C@@H](CC2CCC2)C(=O)C(N)=O)C1. The summed E-state index contributed by atoms with van der Waals surface area (Å²) in [6, 6.07) is 3.57. The average molecular weight is 659 g/mol. The zero-order valence-electron chi connectivity index (χ0n) is 26.8. The molecule has 3 atom stereocenters. The van der Waals surface area contributed by atoms with Crippen LogP contribution in [0.25, 0.3) is 0 Å². The minimum Gasteiger partial charge on any atom is -0.369 e. The lowest BCUT2D eigenvalue weighted by Gasteiger charge is -2.44. The lowest BCUT2D eigenvalue weighted by atomic mass is 9.80. The number of halogens is 1. The van der Waals surface area contributed by atoms with Gasteiger partial charge < -0.3 is 31.9 Å². The number of Topliss-reactive ketones (excluding diaryl/α,β-unsaturated/α-hetero) is 1. The summed E-state index contributed by atoms with van der Waals surface area (Å²) < 4.78 is 0. The molecule has 0 unspecified atom stereocenters. The van der Waals surface area contributed by atoms with Crippen LogP contribution in [-0.2, 0) is 28.8 Å². The Morgan fingerprint density at radius 1 is 0.891 bits per heavy atom. The minimum atomic E-state index is -1.42. The van der Waals surface area contributed by atoms with E-state index in [2.05, 4.69) is 10.6 Å². The summed E-state index contributed by atoms with van der Waals surface area (Å²) in [5, 5.41) is 6.07. The van der Waals surface area contributed by atoms with Crippen molar-refractivity contribution in [2.75, 3.05) is 24.5 Å². The van der Waals surface area contributed by atoms with Gasteiger partial charge in [-0.3, -0.25) is 28.8 Å². The number of nitrogens with one attached hydrogen (secondary N) is 2. The molecule has 1 heterocycles. The van der Waals surface area contributed by atoms with E-state index in [-0.39, 0.29) is 43.8 Å². The zero-order chi connectivity index (χ0) is 33.6. The van der Waals surface area contributed by atoms with Crippen LogP contribution in [-0.4, -0.2) is 78.0 Å². The maximum atomic E-state index is 14.2. The van der Waals surface area contributed by atoms with Gasteiger partial charge in [-0.05, 0) is 69.2 Å². The number of carbonyl (C=O) groups is 6. The second-order valence-electron chi connectivity index (χ2n) is 13.6. The monoisotopic (exact) mass is 658 g/mol. The Labute approximate surface area is 275 Å². The molecule has 1 saturated heterocycles. The highest BCUT2D eigenvalue weighted by atomic mass is 35.5. The second-order valence-corrected chi connectivity index (χ2v) is 14.0. The molecule has 0 bridgehead atoms. The Kier molecular flexibility index (Phi) is 11.7.